The molecular weight excluding hydrogens is 339 g/mol. The standard InChI is InChI=1S/C16H14Cl2N2O3/c17-9-15(21)19-11-5-1-3-7-13(11)23-14-8-4-2-6-12(14)20-16(22)10-18/h1-8H,9-10H2,(H,19,21)(H,20,22). The van der Waals surface area contributed by atoms with Crippen LogP contribution in [-0.4, -0.2) is 23.6 Å². The molecule has 0 unspecified atom stereocenters. The Labute approximate surface area is 143 Å². The number of ether oxygens (including phenoxy) is 1. The number of alkyl halides is 2. The highest BCUT2D eigenvalue weighted by Gasteiger charge is 2.11. The number of nitrogens with one attached hydrogen (secondary N) is 2. The number of hydrogen-bond donors (Lipinski definition) is 2. The zero-order valence-electron chi connectivity index (χ0n) is 12.0. The molecule has 0 saturated carbocycles. The van der Waals surface area contributed by atoms with Crippen LogP contribution in [0.2, 0.25) is 0 Å². The van der Waals surface area contributed by atoms with Gasteiger partial charge in [0.25, 0.3) is 0 Å². The zero-order valence-corrected chi connectivity index (χ0v) is 13.5. The number of amides is 2. The topological polar surface area (TPSA) is 67.4 Å². The van der Waals surface area contributed by atoms with Crippen molar-refractivity contribution >= 4 is 46.4 Å². The van der Waals surface area contributed by atoms with Crippen molar-refractivity contribution in [3.05, 3.63) is 48.5 Å². The fraction of sp³-hybridized carbons (Fsp3) is 0.125. The van der Waals surface area contributed by atoms with Gasteiger partial charge in [-0.15, -0.1) is 23.2 Å². The summed E-state index contributed by atoms with van der Waals surface area (Å²) in [6.45, 7) is 0. The minimum Gasteiger partial charge on any atom is -0.453 e. The molecule has 2 rings (SSSR count). The molecule has 0 heterocycles. The molecule has 0 radical (unpaired) electrons. The minimum atomic E-state index is -0.341. The predicted octanol–water partition coefficient (Wildman–Crippen LogP) is 3.83. The monoisotopic (exact) mass is 352 g/mol. The van der Waals surface area contributed by atoms with Crippen LogP contribution in [0.4, 0.5) is 11.4 Å². The number of hydrogen-bond acceptors (Lipinski definition) is 3. The summed E-state index contributed by atoms with van der Waals surface area (Å²) in [5, 5.41) is 5.30. The van der Waals surface area contributed by atoms with Gasteiger partial charge in [-0.05, 0) is 24.3 Å². The smallest absolute Gasteiger partial charge is 0.239 e. The Hall–Kier alpha value is -2.24. The molecular formula is C16H14Cl2N2O3. The third-order valence-electron chi connectivity index (χ3n) is 2.78. The van der Waals surface area contributed by atoms with Crippen LogP contribution in [0, 0.1) is 0 Å². The molecule has 2 aromatic rings. The van der Waals surface area contributed by atoms with E-state index in [9.17, 15) is 9.59 Å². The summed E-state index contributed by atoms with van der Waals surface area (Å²) in [5.74, 6) is -0.136. The first-order valence-electron chi connectivity index (χ1n) is 6.71. The summed E-state index contributed by atoms with van der Waals surface area (Å²) in [7, 11) is 0. The molecule has 0 fully saturated rings. The summed E-state index contributed by atoms with van der Waals surface area (Å²) in [6.07, 6.45) is 0. The van der Waals surface area contributed by atoms with Gasteiger partial charge < -0.3 is 15.4 Å². The average molecular weight is 353 g/mol. The number of rotatable bonds is 6. The Bertz CT molecular complexity index is 648. The summed E-state index contributed by atoms with van der Waals surface area (Å²) < 4.78 is 5.82. The maximum Gasteiger partial charge on any atom is 0.239 e. The molecule has 7 heteroatoms. The minimum absolute atomic E-state index is 0.156. The fourth-order valence-electron chi connectivity index (χ4n) is 1.80. The van der Waals surface area contributed by atoms with E-state index >= 15 is 0 Å². The van der Waals surface area contributed by atoms with Crippen LogP contribution in [0.25, 0.3) is 0 Å². The van der Waals surface area contributed by atoms with Crippen LogP contribution < -0.4 is 15.4 Å². The Morgan fingerprint density at radius 3 is 1.57 bits per heavy atom. The molecule has 120 valence electrons. The molecule has 5 nitrogen and oxygen atoms in total. The van der Waals surface area contributed by atoms with E-state index in [1.807, 2.05) is 0 Å². The molecule has 2 amide bonds. The van der Waals surface area contributed by atoms with Gasteiger partial charge in [-0.25, -0.2) is 0 Å². The summed E-state index contributed by atoms with van der Waals surface area (Å²) in [5.41, 5.74) is 0.966. The number of para-hydroxylation sites is 4. The van der Waals surface area contributed by atoms with Gasteiger partial charge in [0.05, 0.1) is 11.4 Å². The van der Waals surface area contributed by atoms with Gasteiger partial charge in [-0.1, -0.05) is 24.3 Å². The Balaban J connectivity index is 2.26. The number of benzene rings is 2. The van der Waals surface area contributed by atoms with Crippen molar-refractivity contribution in [1.29, 1.82) is 0 Å². The Kier molecular flexibility index (Phi) is 6.26. The van der Waals surface area contributed by atoms with Gasteiger partial charge in [0.1, 0.15) is 11.8 Å². The van der Waals surface area contributed by atoms with Gasteiger partial charge in [0, 0.05) is 0 Å². The van der Waals surface area contributed by atoms with E-state index in [-0.39, 0.29) is 23.6 Å². The number of carbonyl (C=O) groups excluding carboxylic acids is 2. The second-order valence-corrected chi connectivity index (χ2v) is 4.99. The van der Waals surface area contributed by atoms with Gasteiger partial charge in [-0.2, -0.15) is 0 Å². The van der Waals surface area contributed by atoms with Crippen LogP contribution in [0.5, 0.6) is 11.5 Å². The molecule has 0 spiro atoms. The maximum atomic E-state index is 11.5. The molecule has 0 aliphatic rings. The highest BCUT2D eigenvalue weighted by Crippen LogP contribution is 2.33. The first kappa shape index (κ1) is 17.1. The van der Waals surface area contributed by atoms with E-state index in [0.29, 0.717) is 22.9 Å². The summed E-state index contributed by atoms with van der Waals surface area (Å²) in [4.78, 5) is 22.9. The van der Waals surface area contributed by atoms with E-state index in [4.69, 9.17) is 27.9 Å². The third-order valence-corrected chi connectivity index (χ3v) is 3.27. The van der Waals surface area contributed by atoms with Crippen LogP contribution in [0.3, 0.4) is 0 Å². The van der Waals surface area contributed by atoms with E-state index in [0.717, 1.165) is 0 Å². The van der Waals surface area contributed by atoms with Crippen molar-refractivity contribution in [1.82, 2.24) is 0 Å². The lowest BCUT2D eigenvalue weighted by molar-refractivity contribution is -0.114. The molecule has 0 saturated heterocycles. The lowest BCUT2D eigenvalue weighted by atomic mass is 10.2. The lowest BCUT2D eigenvalue weighted by Crippen LogP contribution is -2.14. The average Bonchev–Trinajstić information content (AvgIpc) is 2.58. The number of carbonyl (C=O) groups is 2. The van der Waals surface area contributed by atoms with Crippen molar-refractivity contribution in [2.45, 2.75) is 0 Å². The molecule has 2 aromatic carbocycles. The molecule has 0 atom stereocenters. The molecule has 0 aromatic heterocycles. The second-order valence-electron chi connectivity index (χ2n) is 4.46. The summed E-state index contributed by atoms with van der Waals surface area (Å²) >= 11 is 11.0. The van der Waals surface area contributed by atoms with Crippen LogP contribution >= 0.6 is 23.2 Å². The maximum absolute atomic E-state index is 11.5. The molecule has 2 N–H and O–H groups in total. The normalized spacial score (nSPS) is 10.0. The van der Waals surface area contributed by atoms with Gasteiger partial charge in [-0.3, -0.25) is 9.59 Å². The first-order valence-corrected chi connectivity index (χ1v) is 7.78. The van der Waals surface area contributed by atoms with Gasteiger partial charge in [0.15, 0.2) is 11.5 Å². The van der Waals surface area contributed by atoms with Crippen LogP contribution in [-0.2, 0) is 9.59 Å². The molecule has 23 heavy (non-hydrogen) atoms. The Morgan fingerprint density at radius 1 is 0.783 bits per heavy atom. The largest absolute Gasteiger partial charge is 0.453 e. The molecule has 0 aliphatic heterocycles. The fourth-order valence-corrected chi connectivity index (χ4v) is 1.94. The van der Waals surface area contributed by atoms with Crippen molar-refractivity contribution in [3.8, 4) is 11.5 Å². The summed E-state index contributed by atoms with van der Waals surface area (Å²) in [6, 6.07) is 13.8. The van der Waals surface area contributed by atoms with Gasteiger partial charge in [0.2, 0.25) is 11.8 Å². The van der Waals surface area contributed by atoms with Crippen molar-refractivity contribution in [2.75, 3.05) is 22.4 Å². The predicted molar refractivity (Wildman–Crippen MR) is 91.7 cm³/mol. The van der Waals surface area contributed by atoms with E-state index in [1.54, 1.807) is 48.5 Å². The highest BCUT2D eigenvalue weighted by molar-refractivity contribution is 6.29. The second kappa shape index (κ2) is 8.41. The first-order chi connectivity index (χ1) is 11.1. The van der Waals surface area contributed by atoms with Crippen LogP contribution in [0.1, 0.15) is 0 Å². The zero-order chi connectivity index (χ0) is 16.7. The third kappa shape index (κ3) is 4.87. The van der Waals surface area contributed by atoms with E-state index in [2.05, 4.69) is 10.6 Å². The highest BCUT2D eigenvalue weighted by atomic mass is 35.5. The number of anilines is 2. The molecule has 0 aliphatic carbocycles. The van der Waals surface area contributed by atoms with Crippen molar-refractivity contribution in [3.63, 3.8) is 0 Å². The SMILES string of the molecule is O=C(CCl)Nc1ccccc1Oc1ccccc1NC(=O)CCl. The lowest BCUT2D eigenvalue weighted by Gasteiger charge is -2.14. The quantitative estimate of drug-likeness (QED) is 0.776. The van der Waals surface area contributed by atoms with Crippen molar-refractivity contribution in [2.24, 2.45) is 0 Å². The van der Waals surface area contributed by atoms with E-state index in [1.165, 1.54) is 0 Å². The van der Waals surface area contributed by atoms with Crippen LogP contribution in [0.15, 0.2) is 48.5 Å². The van der Waals surface area contributed by atoms with Gasteiger partial charge >= 0.3 is 0 Å². The number of halogens is 2. The van der Waals surface area contributed by atoms with E-state index < -0.39 is 0 Å². The van der Waals surface area contributed by atoms with Crippen molar-refractivity contribution < 1.29 is 14.3 Å². The molecule has 0 bridgehead atoms. The Morgan fingerprint density at radius 2 is 1.17 bits per heavy atom.